The Morgan fingerprint density at radius 1 is 1.67 bits per heavy atom. The molecule has 0 aromatic rings. The van der Waals surface area contributed by atoms with Crippen LogP contribution in [0.4, 0.5) is 0 Å². The Balaban J connectivity index is 3.97. The van der Waals surface area contributed by atoms with Crippen molar-refractivity contribution in [1.82, 2.24) is 10.4 Å². The van der Waals surface area contributed by atoms with Gasteiger partial charge in [-0.05, 0) is 0 Å². The fraction of sp³-hybridized carbons (Fsp3) is 0.400. The van der Waals surface area contributed by atoms with E-state index >= 15 is 0 Å². The molecule has 0 saturated heterocycles. The SMILES string of the molecule is CN(C)C(C=S)=CNO. The first-order chi connectivity index (χ1) is 4.22. The monoisotopic (exact) mass is 146 g/mol. The van der Waals surface area contributed by atoms with Crippen LogP contribution in [0.1, 0.15) is 0 Å². The van der Waals surface area contributed by atoms with Crippen LogP contribution >= 0.6 is 12.2 Å². The highest BCUT2D eigenvalue weighted by Gasteiger charge is 1.90. The third-order valence-electron chi connectivity index (χ3n) is 0.850. The number of thiocarbonyl (C=S) groups is 1. The predicted molar refractivity (Wildman–Crippen MR) is 40.3 cm³/mol. The zero-order valence-corrected chi connectivity index (χ0v) is 6.27. The first-order valence-electron chi connectivity index (χ1n) is 2.44. The van der Waals surface area contributed by atoms with Crippen LogP contribution in [0.15, 0.2) is 11.9 Å². The zero-order valence-electron chi connectivity index (χ0n) is 5.46. The Kier molecular flexibility index (Phi) is 4.00. The van der Waals surface area contributed by atoms with E-state index in [1.807, 2.05) is 19.6 Å². The summed E-state index contributed by atoms with van der Waals surface area (Å²) in [6, 6.07) is 0. The van der Waals surface area contributed by atoms with Gasteiger partial charge >= 0.3 is 0 Å². The Labute approximate surface area is 59.9 Å². The van der Waals surface area contributed by atoms with Gasteiger partial charge in [-0.15, -0.1) is 0 Å². The summed E-state index contributed by atoms with van der Waals surface area (Å²) in [5.41, 5.74) is 2.66. The van der Waals surface area contributed by atoms with Crippen molar-refractivity contribution in [2.75, 3.05) is 14.1 Å². The number of rotatable bonds is 3. The van der Waals surface area contributed by atoms with Crippen LogP contribution in [0.3, 0.4) is 0 Å². The third-order valence-corrected chi connectivity index (χ3v) is 1.09. The number of hydrogen-bond acceptors (Lipinski definition) is 4. The van der Waals surface area contributed by atoms with Crippen molar-refractivity contribution in [1.29, 1.82) is 0 Å². The molecule has 0 atom stereocenters. The van der Waals surface area contributed by atoms with Crippen LogP contribution in [0.2, 0.25) is 0 Å². The highest BCUT2D eigenvalue weighted by Crippen LogP contribution is 1.90. The Bertz CT molecular complexity index is 122. The highest BCUT2D eigenvalue weighted by atomic mass is 32.1. The molecule has 4 heteroatoms. The van der Waals surface area contributed by atoms with Gasteiger partial charge in [0, 0.05) is 25.7 Å². The van der Waals surface area contributed by atoms with Crippen LogP contribution in [-0.2, 0) is 0 Å². The van der Waals surface area contributed by atoms with Gasteiger partial charge in [0.25, 0.3) is 0 Å². The van der Waals surface area contributed by atoms with Gasteiger partial charge < -0.3 is 4.90 Å². The summed E-state index contributed by atoms with van der Waals surface area (Å²) in [6.07, 6.45) is 1.41. The van der Waals surface area contributed by atoms with E-state index in [-0.39, 0.29) is 0 Å². The maximum atomic E-state index is 8.20. The Morgan fingerprint density at radius 3 is 2.33 bits per heavy atom. The van der Waals surface area contributed by atoms with Crippen molar-refractivity contribution < 1.29 is 5.21 Å². The molecule has 0 bridgehead atoms. The molecule has 0 spiro atoms. The predicted octanol–water partition coefficient (Wildman–Crippen LogP) is 0.368. The van der Waals surface area contributed by atoms with E-state index < -0.39 is 0 Å². The normalized spacial score (nSPS) is 10.8. The second kappa shape index (κ2) is 4.29. The highest BCUT2D eigenvalue weighted by molar-refractivity contribution is 7.79. The van der Waals surface area contributed by atoms with Crippen LogP contribution in [0.25, 0.3) is 0 Å². The molecule has 0 aromatic heterocycles. The lowest BCUT2D eigenvalue weighted by molar-refractivity contribution is 0.212. The molecule has 0 aromatic carbocycles. The van der Waals surface area contributed by atoms with Crippen molar-refractivity contribution in [3.05, 3.63) is 11.9 Å². The van der Waals surface area contributed by atoms with Gasteiger partial charge in [0.2, 0.25) is 0 Å². The van der Waals surface area contributed by atoms with Crippen molar-refractivity contribution in [3.63, 3.8) is 0 Å². The lowest BCUT2D eigenvalue weighted by Crippen LogP contribution is -2.14. The van der Waals surface area contributed by atoms with Crippen LogP contribution in [0.5, 0.6) is 0 Å². The summed E-state index contributed by atoms with van der Waals surface area (Å²) in [7, 11) is 3.68. The number of nitrogens with zero attached hydrogens (tertiary/aromatic N) is 1. The maximum absolute atomic E-state index is 8.20. The molecular formula is C5H10N2OS. The number of nitrogens with one attached hydrogen (secondary N) is 1. The largest absolute Gasteiger partial charge is 0.376 e. The van der Waals surface area contributed by atoms with Gasteiger partial charge in [0.15, 0.2) is 0 Å². The number of hydrogen-bond donors (Lipinski definition) is 2. The molecule has 0 fully saturated rings. The van der Waals surface area contributed by atoms with Gasteiger partial charge in [-0.25, -0.2) is 0 Å². The minimum absolute atomic E-state index is 0.757. The van der Waals surface area contributed by atoms with Gasteiger partial charge in [-0.3, -0.25) is 10.7 Å². The van der Waals surface area contributed by atoms with Crippen molar-refractivity contribution in [2.45, 2.75) is 0 Å². The second-order valence-corrected chi connectivity index (χ2v) is 1.95. The fourth-order valence-electron chi connectivity index (χ4n) is 0.335. The first-order valence-corrected chi connectivity index (χ1v) is 2.91. The molecule has 0 unspecified atom stereocenters. The summed E-state index contributed by atoms with van der Waals surface area (Å²) in [5.74, 6) is 0. The average Bonchev–Trinajstić information content (AvgIpc) is 1.82. The molecular weight excluding hydrogens is 136 g/mol. The van der Waals surface area contributed by atoms with Crippen molar-refractivity contribution in [3.8, 4) is 0 Å². The van der Waals surface area contributed by atoms with E-state index in [1.165, 1.54) is 11.6 Å². The molecule has 0 aliphatic heterocycles. The van der Waals surface area contributed by atoms with E-state index in [1.54, 1.807) is 4.90 Å². The van der Waals surface area contributed by atoms with E-state index in [2.05, 4.69) is 12.2 Å². The lowest BCUT2D eigenvalue weighted by atomic mass is 10.5. The summed E-state index contributed by atoms with van der Waals surface area (Å²) in [5, 5.41) is 9.67. The van der Waals surface area contributed by atoms with Crippen LogP contribution < -0.4 is 5.48 Å². The lowest BCUT2D eigenvalue weighted by Gasteiger charge is -2.10. The summed E-state index contributed by atoms with van der Waals surface area (Å²) >= 11 is 4.63. The summed E-state index contributed by atoms with van der Waals surface area (Å²) in [4.78, 5) is 1.79. The van der Waals surface area contributed by atoms with E-state index in [0.29, 0.717) is 0 Å². The quantitative estimate of drug-likeness (QED) is 0.342. The number of allylic oxidation sites excluding steroid dienone is 1. The molecule has 0 heterocycles. The summed E-state index contributed by atoms with van der Waals surface area (Å²) in [6.45, 7) is 0. The summed E-state index contributed by atoms with van der Waals surface area (Å²) < 4.78 is 0. The average molecular weight is 146 g/mol. The zero-order chi connectivity index (χ0) is 7.28. The molecule has 9 heavy (non-hydrogen) atoms. The Hall–Kier alpha value is -0.610. The minimum atomic E-state index is 0.757. The maximum Gasteiger partial charge on any atom is 0.0653 e. The third kappa shape index (κ3) is 3.05. The van der Waals surface area contributed by atoms with Gasteiger partial charge in [-0.2, -0.15) is 0 Å². The minimum Gasteiger partial charge on any atom is -0.376 e. The molecule has 0 saturated carbocycles. The number of hydroxylamine groups is 1. The fourth-order valence-corrected chi connectivity index (χ4v) is 0.614. The van der Waals surface area contributed by atoms with E-state index in [4.69, 9.17) is 5.21 Å². The van der Waals surface area contributed by atoms with E-state index in [0.717, 1.165) is 5.70 Å². The van der Waals surface area contributed by atoms with Gasteiger partial charge in [0.1, 0.15) is 0 Å². The molecule has 0 amide bonds. The smallest absolute Gasteiger partial charge is 0.0653 e. The molecule has 0 rings (SSSR count). The van der Waals surface area contributed by atoms with Crippen molar-refractivity contribution in [2.24, 2.45) is 0 Å². The molecule has 52 valence electrons. The topological polar surface area (TPSA) is 35.5 Å². The Morgan fingerprint density at radius 2 is 2.22 bits per heavy atom. The van der Waals surface area contributed by atoms with Crippen molar-refractivity contribution >= 4 is 17.6 Å². The standard InChI is InChI=1S/C5H10N2OS/c1-7(2)5(4-9)3-6-8/h3-4,6,8H,1-2H3. The van der Waals surface area contributed by atoms with E-state index in [9.17, 15) is 0 Å². The first kappa shape index (κ1) is 8.39. The van der Waals surface area contributed by atoms with Crippen LogP contribution in [0, 0.1) is 0 Å². The second-order valence-electron chi connectivity index (χ2n) is 1.71. The van der Waals surface area contributed by atoms with Gasteiger partial charge in [-0.1, -0.05) is 12.2 Å². The molecule has 0 aliphatic carbocycles. The van der Waals surface area contributed by atoms with Gasteiger partial charge in [0.05, 0.1) is 5.70 Å². The van der Waals surface area contributed by atoms with Crippen LogP contribution in [-0.4, -0.2) is 29.6 Å². The molecule has 2 N–H and O–H groups in total. The molecule has 0 radical (unpaired) electrons. The molecule has 3 nitrogen and oxygen atoms in total. The molecule has 0 aliphatic rings.